The fourth-order valence-electron chi connectivity index (χ4n) is 1.01. The van der Waals surface area contributed by atoms with Crippen LogP contribution in [0.2, 0.25) is 5.02 Å². The molecule has 0 amide bonds. The standard InChI is InChI=1S/C10H6ClF3O2/c11-8-3-2-7(10(12,13)14)5-6(8)1-4-9(15)16/h1-5H,(H,15,16)/p-1/b4-1-. The molecule has 0 atom stereocenters. The second kappa shape index (κ2) is 4.57. The number of alkyl halides is 3. The number of carbonyl (C=O) groups excluding carboxylic acids is 1. The maximum Gasteiger partial charge on any atom is 0.416 e. The first-order valence-corrected chi connectivity index (χ1v) is 4.44. The van der Waals surface area contributed by atoms with E-state index in [9.17, 15) is 23.1 Å². The lowest BCUT2D eigenvalue weighted by Crippen LogP contribution is -2.18. The zero-order valence-corrected chi connectivity index (χ0v) is 8.47. The zero-order chi connectivity index (χ0) is 12.3. The fraction of sp³-hybridized carbons (Fsp3) is 0.100. The quantitative estimate of drug-likeness (QED) is 0.753. The van der Waals surface area contributed by atoms with E-state index >= 15 is 0 Å². The Bertz CT molecular complexity index is 438. The third-order valence-corrected chi connectivity index (χ3v) is 2.07. The molecular weight excluding hydrogens is 245 g/mol. The van der Waals surface area contributed by atoms with E-state index in [1.807, 2.05) is 0 Å². The molecule has 1 aromatic carbocycles. The Kier molecular flexibility index (Phi) is 3.59. The number of halogens is 4. The van der Waals surface area contributed by atoms with Crippen molar-refractivity contribution in [3.05, 3.63) is 40.4 Å². The smallest absolute Gasteiger partial charge is 0.416 e. The lowest BCUT2D eigenvalue weighted by atomic mass is 10.1. The summed E-state index contributed by atoms with van der Waals surface area (Å²) in [7, 11) is 0. The second-order valence-electron chi connectivity index (χ2n) is 2.89. The van der Waals surface area contributed by atoms with Crippen molar-refractivity contribution in [3.8, 4) is 0 Å². The molecule has 0 saturated carbocycles. The highest BCUT2D eigenvalue weighted by Gasteiger charge is 2.30. The Labute approximate surface area is 94.0 Å². The minimum atomic E-state index is -4.49. The number of aliphatic carboxylic acids is 1. The molecule has 0 radical (unpaired) electrons. The summed E-state index contributed by atoms with van der Waals surface area (Å²) in [5.41, 5.74) is -0.921. The number of rotatable bonds is 2. The molecule has 1 aromatic rings. The summed E-state index contributed by atoms with van der Waals surface area (Å²) >= 11 is 5.60. The van der Waals surface area contributed by atoms with Gasteiger partial charge in [-0.25, -0.2) is 0 Å². The topological polar surface area (TPSA) is 40.1 Å². The van der Waals surface area contributed by atoms with E-state index in [1.165, 1.54) is 0 Å². The van der Waals surface area contributed by atoms with Gasteiger partial charge in [0.15, 0.2) is 0 Å². The summed E-state index contributed by atoms with van der Waals surface area (Å²) in [6.07, 6.45) is -2.93. The van der Waals surface area contributed by atoms with Crippen LogP contribution in [-0.4, -0.2) is 5.97 Å². The Hall–Kier alpha value is -1.49. The van der Waals surface area contributed by atoms with E-state index in [0.717, 1.165) is 24.3 Å². The van der Waals surface area contributed by atoms with Gasteiger partial charge in [-0.2, -0.15) is 13.2 Å². The lowest BCUT2D eigenvalue weighted by molar-refractivity contribution is -0.297. The second-order valence-corrected chi connectivity index (χ2v) is 3.29. The molecule has 2 nitrogen and oxygen atoms in total. The Morgan fingerprint density at radius 1 is 1.38 bits per heavy atom. The van der Waals surface area contributed by atoms with E-state index in [4.69, 9.17) is 11.6 Å². The van der Waals surface area contributed by atoms with Crippen LogP contribution in [0.15, 0.2) is 24.3 Å². The average molecular weight is 250 g/mol. The molecule has 0 saturated heterocycles. The van der Waals surface area contributed by atoms with E-state index in [1.54, 1.807) is 0 Å². The van der Waals surface area contributed by atoms with Crippen molar-refractivity contribution in [1.82, 2.24) is 0 Å². The molecular formula is C10H5ClF3O2-. The van der Waals surface area contributed by atoms with Gasteiger partial charge in [-0.05, 0) is 29.8 Å². The molecule has 0 heterocycles. The lowest BCUT2D eigenvalue weighted by Gasteiger charge is -2.08. The van der Waals surface area contributed by atoms with Gasteiger partial charge in [-0.3, -0.25) is 0 Å². The van der Waals surface area contributed by atoms with Gasteiger partial charge in [0, 0.05) is 5.02 Å². The van der Waals surface area contributed by atoms with Crippen molar-refractivity contribution < 1.29 is 23.1 Å². The van der Waals surface area contributed by atoms with E-state index in [2.05, 4.69) is 0 Å². The summed E-state index contributed by atoms with van der Waals surface area (Å²) < 4.78 is 36.9. The van der Waals surface area contributed by atoms with Crippen molar-refractivity contribution >= 4 is 23.6 Å². The summed E-state index contributed by atoms with van der Waals surface area (Å²) in [5, 5.41) is 10.1. The van der Waals surface area contributed by atoms with Crippen molar-refractivity contribution in [1.29, 1.82) is 0 Å². The van der Waals surface area contributed by atoms with Crippen LogP contribution in [0, 0.1) is 0 Å². The molecule has 0 spiro atoms. The fourth-order valence-corrected chi connectivity index (χ4v) is 1.19. The van der Waals surface area contributed by atoms with Crippen LogP contribution in [0.3, 0.4) is 0 Å². The summed E-state index contributed by atoms with van der Waals surface area (Å²) in [5.74, 6) is -1.51. The maximum absolute atomic E-state index is 12.3. The normalized spacial score (nSPS) is 12.0. The van der Waals surface area contributed by atoms with Crippen molar-refractivity contribution in [3.63, 3.8) is 0 Å². The van der Waals surface area contributed by atoms with Crippen LogP contribution in [0.25, 0.3) is 6.08 Å². The molecule has 6 heteroatoms. The van der Waals surface area contributed by atoms with Crippen molar-refractivity contribution in [2.75, 3.05) is 0 Å². The van der Waals surface area contributed by atoms with Crippen LogP contribution < -0.4 is 5.11 Å². The predicted octanol–water partition coefficient (Wildman–Crippen LogP) is 2.12. The molecule has 0 aliphatic carbocycles. The highest BCUT2D eigenvalue weighted by atomic mass is 35.5. The van der Waals surface area contributed by atoms with Gasteiger partial charge in [0.25, 0.3) is 0 Å². The molecule has 0 aliphatic rings. The van der Waals surface area contributed by atoms with Crippen LogP contribution in [0.5, 0.6) is 0 Å². The van der Waals surface area contributed by atoms with Gasteiger partial charge in [-0.1, -0.05) is 17.7 Å². The van der Waals surface area contributed by atoms with E-state index < -0.39 is 17.7 Å². The molecule has 0 N–H and O–H groups in total. The van der Waals surface area contributed by atoms with Crippen molar-refractivity contribution in [2.24, 2.45) is 0 Å². The third-order valence-electron chi connectivity index (χ3n) is 1.72. The number of carboxylic acid groups (broad SMARTS) is 1. The van der Waals surface area contributed by atoms with E-state index in [-0.39, 0.29) is 10.6 Å². The van der Waals surface area contributed by atoms with Gasteiger partial charge in [0.2, 0.25) is 0 Å². The molecule has 1 rings (SSSR count). The van der Waals surface area contributed by atoms with Crippen molar-refractivity contribution in [2.45, 2.75) is 6.18 Å². The van der Waals surface area contributed by atoms with Crippen LogP contribution >= 0.6 is 11.6 Å². The average Bonchev–Trinajstić information content (AvgIpc) is 2.14. The Balaban J connectivity index is 3.14. The first-order valence-electron chi connectivity index (χ1n) is 4.06. The van der Waals surface area contributed by atoms with E-state index in [0.29, 0.717) is 6.08 Å². The van der Waals surface area contributed by atoms with Crippen LogP contribution in [-0.2, 0) is 11.0 Å². The molecule has 0 fully saturated rings. The first kappa shape index (κ1) is 12.6. The number of hydrogen-bond donors (Lipinski definition) is 0. The maximum atomic E-state index is 12.3. The number of carboxylic acids is 1. The minimum Gasteiger partial charge on any atom is -0.545 e. The van der Waals surface area contributed by atoms with Gasteiger partial charge in [0.1, 0.15) is 0 Å². The van der Waals surface area contributed by atoms with Crippen LogP contribution in [0.1, 0.15) is 11.1 Å². The highest BCUT2D eigenvalue weighted by molar-refractivity contribution is 6.32. The van der Waals surface area contributed by atoms with Gasteiger partial charge in [0.05, 0.1) is 11.5 Å². The molecule has 0 aliphatic heterocycles. The van der Waals surface area contributed by atoms with Gasteiger partial charge >= 0.3 is 6.18 Å². The summed E-state index contributed by atoms with van der Waals surface area (Å²) in [6.45, 7) is 0. The molecule has 0 aromatic heterocycles. The SMILES string of the molecule is O=C([O-])/C=C\c1cc(C(F)(F)F)ccc1Cl. The molecule has 0 unspecified atom stereocenters. The van der Waals surface area contributed by atoms with Crippen LogP contribution in [0.4, 0.5) is 13.2 Å². The largest absolute Gasteiger partial charge is 0.545 e. The number of carbonyl (C=O) groups is 1. The Morgan fingerprint density at radius 3 is 2.50 bits per heavy atom. The first-order chi connectivity index (χ1) is 7.30. The Morgan fingerprint density at radius 2 is 2.00 bits per heavy atom. The summed E-state index contributed by atoms with van der Waals surface area (Å²) in [4.78, 5) is 10.1. The minimum absolute atomic E-state index is 0.0271. The number of benzene rings is 1. The molecule has 86 valence electrons. The monoisotopic (exact) mass is 249 g/mol. The number of hydrogen-bond acceptors (Lipinski definition) is 2. The highest BCUT2D eigenvalue weighted by Crippen LogP contribution is 2.32. The molecule has 0 bridgehead atoms. The molecule has 16 heavy (non-hydrogen) atoms. The zero-order valence-electron chi connectivity index (χ0n) is 7.72. The van der Waals surface area contributed by atoms with Gasteiger partial charge < -0.3 is 9.90 Å². The van der Waals surface area contributed by atoms with Gasteiger partial charge in [-0.15, -0.1) is 0 Å². The predicted molar refractivity (Wildman–Crippen MR) is 50.5 cm³/mol. The third kappa shape index (κ3) is 3.27. The summed E-state index contributed by atoms with van der Waals surface area (Å²) in [6, 6.07) is 2.64.